The second kappa shape index (κ2) is 5.66. The van der Waals surface area contributed by atoms with Crippen LogP contribution in [0.5, 0.6) is 0 Å². The maximum atomic E-state index is 13.1. The molecule has 0 radical (unpaired) electrons. The minimum atomic E-state index is -0.275. The molecule has 3 atom stereocenters. The van der Waals surface area contributed by atoms with Crippen molar-refractivity contribution in [1.82, 2.24) is 15.1 Å². The fourth-order valence-electron chi connectivity index (χ4n) is 3.61. The molecule has 2 aliphatic heterocycles. The molecule has 3 aliphatic rings. The molecule has 1 N–H and O–H groups in total. The Morgan fingerprint density at radius 2 is 1.77 bits per heavy atom. The smallest absolute Gasteiger partial charge is 0.245 e. The summed E-state index contributed by atoms with van der Waals surface area (Å²) in [6.45, 7) is 12.7. The summed E-state index contributed by atoms with van der Waals surface area (Å²) in [5.41, 5.74) is 0.231. The number of rotatable bonds is 2. The Hall–Kier alpha value is -0.840. The van der Waals surface area contributed by atoms with Crippen molar-refractivity contribution in [2.75, 3.05) is 27.2 Å². The van der Waals surface area contributed by atoms with Crippen LogP contribution >= 0.6 is 12.2 Å². The third kappa shape index (κ3) is 3.10. The third-order valence-electron chi connectivity index (χ3n) is 5.65. The molecular weight excluding hydrogens is 294 g/mol. The van der Waals surface area contributed by atoms with Gasteiger partial charge in [0.05, 0.1) is 0 Å². The van der Waals surface area contributed by atoms with Gasteiger partial charge in [0, 0.05) is 27.2 Å². The fraction of sp³-hybridized carbons (Fsp3) is 0.882. The number of nitrogens with one attached hydrogen (secondary N) is 1. The van der Waals surface area contributed by atoms with Gasteiger partial charge in [-0.3, -0.25) is 4.79 Å². The van der Waals surface area contributed by atoms with E-state index in [1.165, 1.54) is 6.42 Å². The molecule has 2 heterocycles. The minimum absolute atomic E-state index is 0.172. The lowest BCUT2D eigenvalue weighted by atomic mass is 9.52. The van der Waals surface area contributed by atoms with E-state index >= 15 is 0 Å². The van der Waals surface area contributed by atoms with Crippen molar-refractivity contribution >= 4 is 23.2 Å². The zero-order valence-electron chi connectivity index (χ0n) is 15.1. The number of hydrogen-bond acceptors (Lipinski definition) is 2. The molecule has 0 unspecified atom stereocenters. The summed E-state index contributed by atoms with van der Waals surface area (Å²) >= 11 is 5.36. The van der Waals surface area contributed by atoms with Crippen molar-refractivity contribution in [3.63, 3.8) is 0 Å². The number of carbonyl (C=O) groups is 1. The van der Waals surface area contributed by atoms with Crippen LogP contribution in [0.3, 0.4) is 0 Å². The van der Waals surface area contributed by atoms with E-state index in [9.17, 15) is 4.79 Å². The van der Waals surface area contributed by atoms with Gasteiger partial charge in [-0.2, -0.15) is 0 Å². The third-order valence-corrected chi connectivity index (χ3v) is 6.14. The Morgan fingerprint density at radius 1 is 1.27 bits per heavy atom. The van der Waals surface area contributed by atoms with Crippen LogP contribution in [0, 0.1) is 22.7 Å². The van der Waals surface area contributed by atoms with Crippen LogP contribution in [-0.4, -0.2) is 54.0 Å². The summed E-state index contributed by atoms with van der Waals surface area (Å²) < 4.78 is 0. The van der Waals surface area contributed by atoms with E-state index in [0.29, 0.717) is 22.4 Å². The molecule has 2 bridgehead atoms. The molecule has 0 spiro atoms. The van der Waals surface area contributed by atoms with Gasteiger partial charge >= 0.3 is 0 Å². The lowest BCUT2D eigenvalue weighted by Crippen LogP contribution is -2.65. The van der Waals surface area contributed by atoms with Crippen molar-refractivity contribution in [1.29, 1.82) is 0 Å². The van der Waals surface area contributed by atoms with Crippen molar-refractivity contribution in [2.24, 2.45) is 22.7 Å². The van der Waals surface area contributed by atoms with Crippen LogP contribution in [-0.2, 0) is 4.79 Å². The Morgan fingerprint density at radius 3 is 2.14 bits per heavy atom. The van der Waals surface area contributed by atoms with Gasteiger partial charge in [-0.05, 0) is 41.3 Å². The molecule has 126 valence electrons. The summed E-state index contributed by atoms with van der Waals surface area (Å²) in [6.07, 6.45) is 1.28. The summed E-state index contributed by atoms with van der Waals surface area (Å²) in [5.74, 6) is 1.50. The Kier molecular flexibility index (Phi) is 4.51. The van der Waals surface area contributed by atoms with E-state index < -0.39 is 0 Å². The van der Waals surface area contributed by atoms with E-state index in [1.54, 1.807) is 0 Å². The molecule has 1 aliphatic carbocycles. The lowest BCUT2D eigenvalue weighted by Gasteiger charge is -2.60. The number of fused-ring (bicyclic) bond motifs is 2. The molecule has 1 saturated carbocycles. The van der Waals surface area contributed by atoms with E-state index in [4.69, 9.17) is 12.2 Å². The summed E-state index contributed by atoms with van der Waals surface area (Å²) in [6, 6.07) is -0.275. The highest BCUT2D eigenvalue weighted by Crippen LogP contribution is 2.54. The van der Waals surface area contributed by atoms with Crippen LogP contribution in [0.2, 0.25) is 0 Å². The molecule has 3 fully saturated rings. The SMILES string of the molecule is CN(C)C(=S)N[C@H](C(=O)N1C[C@H]2C[C@@H](C1)C2(C)C)C(C)(C)C. The number of carbonyl (C=O) groups excluding carboxylic acids is 1. The molecule has 1 amide bonds. The summed E-state index contributed by atoms with van der Waals surface area (Å²) in [5, 5.41) is 3.89. The highest BCUT2D eigenvalue weighted by Gasteiger charge is 2.54. The Bertz CT molecular complexity index is 453. The quantitative estimate of drug-likeness (QED) is 0.791. The van der Waals surface area contributed by atoms with Gasteiger partial charge in [0.1, 0.15) is 6.04 Å². The highest BCUT2D eigenvalue weighted by atomic mass is 32.1. The second-order valence-electron chi connectivity index (χ2n) is 8.84. The average Bonchev–Trinajstić information content (AvgIpc) is 2.42. The Balaban J connectivity index is 2.09. The molecular formula is C17H31N3OS. The first-order valence-electron chi connectivity index (χ1n) is 8.21. The van der Waals surface area contributed by atoms with Crippen molar-refractivity contribution in [3.8, 4) is 0 Å². The topological polar surface area (TPSA) is 35.6 Å². The Labute approximate surface area is 140 Å². The van der Waals surface area contributed by atoms with Crippen LogP contribution in [0.4, 0.5) is 0 Å². The number of hydrogen-bond donors (Lipinski definition) is 1. The molecule has 3 rings (SSSR count). The first-order chi connectivity index (χ1) is 9.94. The molecule has 4 nitrogen and oxygen atoms in total. The largest absolute Gasteiger partial charge is 0.355 e. The van der Waals surface area contributed by atoms with Crippen LogP contribution in [0.1, 0.15) is 41.0 Å². The number of nitrogens with zero attached hydrogens (tertiary/aromatic N) is 2. The molecule has 5 heteroatoms. The number of amides is 1. The van der Waals surface area contributed by atoms with E-state index in [2.05, 4.69) is 44.8 Å². The van der Waals surface area contributed by atoms with Crippen molar-refractivity contribution in [2.45, 2.75) is 47.1 Å². The highest BCUT2D eigenvalue weighted by molar-refractivity contribution is 7.80. The van der Waals surface area contributed by atoms with Gasteiger partial charge in [0.15, 0.2) is 5.11 Å². The second-order valence-corrected chi connectivity index (χ2v) is 9.22. The maximum absolute atomic E-state index is 13.1. The van der Waals surface area contributed by atoms with Gasteiger partial charge in [-0.25, -0.2) is 0 Å². The first-order valence-corrected chi connectivity index (χ1v) is 8.62. The normalized spacial score (nSPS) is 27.7. The maximum Gasteiger partial charge on any atom is 0.245 e. The molecule has 2 saturated heterocycles. The standard InChI is InChI=1S/C17H31N3OS/c1-16(2,3)13(18-15(22)19(6)7)14(21)20-9-11-8-12(10-20)17(11,4)5/h11-13H,8-10H2,1-7H3,(H,18,22)/t11-,12+,13-/m1/s1. The number of thiocarbonyl (C=S) groups is 1. The monoisotopic (exact) mass is 325 g/mol. The number of piperidine rings is 2. The predicted octanol–water partition coefficient (Wildman–Crippen LogP) is 2.34. The predicted molar refractivity (Wildman–Crippen MR) is 94.6 cm³/mol. The van der Waals surface area contributed by atoms with Gasteiger partial charge in [0.2, 0.25) is 5.91 Å². The zero-order valence-corrected chi connectivity index (χ0v) is 15.9. The summed E-state index contributed by atoms with van der Waals surface area (Å²) in [7, 11) is 3.80. The van der Waals surface area contributed by atoms with Crippen molar-refractivity contribution in [3.05, 3.63) is 0 Å². The van der Waals surface area contributed by atoms with Gasteiger partial charge in [0.25, 0.3) is 0 Å². The van der Waals surface area contributed by atoms with Crippen molar-refractivity contribution < 1.29 is 4.79 Å². The van der Waals surface area contributed by atoms with Gasteiger partial charge in [-0.15, -0.1) is 0 Å². The lowest BCUT2D eigenvalue weighted by molar-refractivity contribution is -0.155. The molecule has 22 heavy (non-hydrogen) atoms. The van der Waals surface area contributed by atoms with E-state index in [0.717, 1.165) is 13.1 Å². The van der Waals surface area contributed by atoms with Gasteiger partial charge in [-0.1, -0.05) is 34.6 Å². The van der Waals surface area contributed by atoms with E-state index in [-0.39, 0.29) is 17.4 Å². The summed E-state index contributed by atoms with van der Waals surface area (Å²) in [4.78, 5) is 17.0. The fourth-order valence-corrected chi connectivity index (χ4v) is 3.73. The molecule has 0 aromatic heterocycles. The van der Waals surface area contributed by atoms with Crippen LogP contribution in [0.25, 0.3) is 0 Å². The van der Waals surface area contributed by atoms with Gasteiger partial charge < -0.3 is 15.1 Å². The average molecular weight is 326 g/mol. The first kappa shape index (κ1) is 17.5. The zero-order chi connectivity index (χ0) is 16.9. The van der Waals surface area contributed by atoms with E-state index in [1.807, 2.05) is 19.0 Å². The molecule has 0 aromatic carbocycles. The molecule has 0 aromatic rings. The minimum Gasteiger partial charge on any atom is -0.355 e. The van der Waals surface area contributed by atoms with Crippen LogP contribution in [0.15, 0.2) is 0 Å². The van der Waals surface area contributed by atoms with Crippen LogP contribution < -0.4 is 5.32 Å².